The van der Waals surface area contributed by atoms with E-state index in [9.17, 15) is 14.7 Å². The van der Waals surface area contributed by atoms with E-state index < -0.39 is 17.7 Å². The van der Waals surface area contributed by atoms with Crippen LogP contribution >= 0.6 is 0 Å². The van der Waals surface area contributed by atoms with Gasteiger partial charge in [0.1, 0.15) is 0 Å². The topological polar surface area (TPSA) is 76.1 Å². The molecule has 30 heavy (non-hydrogen) atoms. The molecule has 2 aromatic carbocycles. The molecule has 0 fully saturated rings. The van der Waals surface area contributed by atoms with Crippen molar-refractivity contribution in [1.29, 1.82) is 0 Å². The Kier molecular flexibility index (Phi) is 6.45. The third kappa shape index (κ3) is 4.03. The molecule has 1 atom stereocenters. The van der Waals surface area contributed by atoms with Crippen LogP contribution in [0.15, 0.2) is 53.8 Å². The Morgan fingerprint density at radius 2 is 1.67 bits per heavy atom. The molecule has 1 aliphatic heterocycles. The number of methoxy groups -OCH3 is 2. The highest BCUT2D eigenvalue weighted by Gasteiger charge is 2.42. The van der Waals surface area contributed by atoms with Crippen LogP contribution in [-0.2, 0) is 22.4 Å². The molecule has 0 bridgehead atoms. The minimum absolute atomic E-state index is 0.150. The summed E-state index contributed by atoms with van der Waals surface area (Å²) in [6.45, 7) is 3.79. The lowest BCUT2D eigenvalue weighted by Crippen LogP contribution is -2.33. The van der Waals surface area contributed by atoms with E-state index in [1.807, 2.05) is 42.5 Å². The van der Waals surface area contributed by atoms with Crippen LogP contribution in [0.4, 0.5) is 0 Å². The van der Waals surface area contributed by atoms with Crippen LogP contribution < -0.4 is 9.47 Å². The fraction of sp³-hybridized carbons (Fsp3) is 0.333. The summed E-state index contributed by atoms with van der Waals surface area (Å²) in [7, 11) is 3.15. The van der Waals surface area contributed by atoms with E-state index in [-0.39, 0.29) is 11.4 Å². The van der Waals surface area contributed by atoms with Gasteiger partial charge in [-0.1, -0.05) is 37.3 Å². The van der Waals surface area contributed by atoms with Gasteiger partial charge in [0.15, 0.2) is 23.0 Å². The SMILES string of the molecule is CCc1ccc(C2C(C(C)=O)=C(O)C(=O)N2CCc2ccc(OC)c(OC)c2)cc1. The Morgan fingerprint density at radius 1 is 1.03 bits per heavy atom. The second-order valence-corrected chi connectivity index (χ2v) is 7.25. The van der Waals surface area contributed by atoms with E-state index in [1.54, 1.807) is 19.1 Å². The van der Waals surface area contributed by atoms with E-state index >= 15 is 0 Å². The molecule has 158 valence electrons. The molecule has 0 saturated heterocycles. The summed E-state index contributed by atoms with van der Waals surface area (Å²) in [5, 5.41) is 10.4. The van der Waals surface area contributed by atoms with Crippen molar-refractivity contribution in [2.45, 2.75) is 32.7 Å². The molecule has 2 aromatic rings. The maximum Gasteiger partial charge on any atom is 0.290 e. The quantitative estimate of drug-likeness (QED) is 0.718. The Morgan fingerprint density at radius 3 is 2.23 bits per heavy atom. The smallest absolute Gasteiger partial charge is 0.290 e. The fourth-order valence-corrected chi connectivity index (χ4v) is 3.81. The molecule has 1 heterocycles. The predicted octanol–water partition coefficient (Wildman–Crippen LogP) is 3.79. The molecule has 0 saturated carbocycles. The van der Waals surface area contributed by atoms with Gasteiger partial charge in [0, 0.05) is 6.54 Å². The van der Waals surface area contributed by atoms with Gasteiger partial charge < -0.3 is 19.5 Å². The second kappa shape index (κ2) is 9.03. The zero-order valence-corrected chi connectivity index (χ0v) is 17.8. The molecular weight excluding hydrogens is 382 g/mol. The van der Waals surface area contributed by atoms with Crippen molar-refractivity contribution in [1.82, 2.24) is 4.90 Å². The maximum absolute atomic E-state index is 12.8. The number of Topliss-reactive ketones (excluding diaryl/α,β-unsaturated/α-hetero) is 1. The van der Waals surface area contributed by atoms with Crippen LogP contribution in [-0.4, -0.2) is 42.5 Å². The van der Waals surface area contributed by atoms with Crippen LogP contribution in [0, 0.1) is 0 Å². The number of amides is 1. The molecular formula is C24H27NO5. The minimum Gasteiger partial charge on any atom is -0.503 e. The van der Waals surface area contributed by atoms with Gasteiger partial charge in [-0.25, -0.2) is 0 Å². The van der Waals surface area contributed by atoms with Crippen LogP contribution in [0.5, 0.6) is 11.5 Å². The number of benzene rings is 2. The summed E-state index contributed by atoms with van der Waals surface area (Å²) >= 11 is 0. The van der Waals surface area contributed by atoms with Gasteiger partial charge in [0.25, 0.3) is 5.91 Å². The van der Waals surface area contributed by atoms with Crippen LogP contribution in [0.2, 0.25) is 0 Å². The van der Waals surface area contributed by atoms with Crippen LogP contribution in [0.1, 0.15) is 36.6 Å². The number of nitrogens with zero attached hydrogens (tertiary/aromatic N) is 1. The fourth-order valence-electron chi connectivity index (χ4n) is 3.81. The molecule has 0 radical (unpaired) electrons. The molecule has 6 nitrogen and oxygen atoms in total. The molecule has 1 N–H and O–H groups in total. The standard InChI is InChI=1S/C24H27NO5/c1-5-16-6-9-18(10-7-16)22-21(15(2)26)23(27)24(28)25(22)13-12-17-8-11-19(29-3)20(14-17)30-4/h6-11,14,22,27H,5,12-13H2,1-4H3. The number of carbonyl (C=O) groups excluding carboxylic acids is 2. The highest BCUT2D eigenvalue weighted by Crippen LogP contribution is 2.38. The molecule has 0 aliphatic carbocycles. The van der Waals surface area contributed by atoms with Crippen molar-refractivity contribution in [2.75, 3.05) is 20.8 Å². The van der Waals surface area contributed by atoms with Crippen molar-refractivity contribution in [3.05, 3.63) is 70.5 Å². The summed E-state index contributed by atoms with van der Waals surface area (Å²) in [4.78, 5) is 26.6. The number of aliphatic hydroxyl groups excluding tert-OH is 1. The summed E-state index contributed by atoms with van der Waals surface area (Å²) in [6, 6.07) is 12.8. The Bertz CT molecular complexity index is 978. The number of hydrogen-bond donors (Lipinski definition) is 1. The number of hydrogen-bond acceptors (Lipinski definition) is 5. The molecule has 1 amide bonds. The van der Waals surface area contributed by atoms with Crippen molar-refractivity contribution >= 4 is 11.7 Å². The Labute approximate surface area is 176 Å². The first-order valence-corrected chi connectivity index (χ1v) is 9.96. The number of aryl methyl sites for hydroxylation is 1. The normalized spacial score (nSPS) is 16.2. The van der Waals surface area contributed by atoms with Crippen molar-refractivity contribution in [2.24, 2.45) is 0 Å². The zero-order valence-electron chi connectivity index (χ0n) is 17.8. The molecule has 3 rings (SSSR count). The summed E-state index contributed by atoms with van der Waals surface area (Å²) < 4.78 is 10.6. The lowest BCUT2D eigenvalue weighted by molar-refractivity contribution is -0.129. The molecule has 1 aliphatic rings. The minimum atomic E-state index is -0.596. The first-order chi connectivity index (χ1) is 14.4. The first kappa shape index (κ1) is 21.4. The third-order valence-corrected chi connectivity index (χ3v) is 5.48. The monoisotopic (exact) mass is 409 g/mol. The molecule has 1 unspecified atom stereocenters. The average molecular weight is 409 g/mol. The van der Waals surface area contributed by atoms with E-state index in [0.29, 0.717) is 24.5 Å². The molecule has 0 spiro atoms. The first-order valence-electron chi connectivity index (χ1n) is 9.96. The van der Waals surface area contributed by atoms with Crippen molar-refractivity contribution in [3.63, 3.8) is 0 Å². The summed E-state index contributed by atoms with van der Waals surface area (Å²) in [5.41, 5.74) is 3.08. The molecule has 0 aromatic heterocycles. The largest absolute Gasteiger partial charge is 0.503 e. The second-order valence-electron chi connectivity index (χ2n) is 7.25. The van der Waals surface area contributed by atoms with E-state index in [4.69, 9.17) is 9.47 Å². The summed E-state index contributed by atoms with van der Waals surface area (Å²) in [5.74, 6) is -0.0472. The Balaban J connectivity index is 1.89. The van der Waals surface area contributed by atoms with Gasteiger partial charge in [0.05, 0.1) is 25.8 Å². The number of carbonyl (C=O) groups is 2. The van der Waals surface area contributed by atoms with Gasteiger partial charge >= 0.3 is 0 Å². The van der Waals surface area contributed by atoms with Gasteiger partial charge in [0.2, 0.25) is 0 Å². The predicted molar refractivity (Wildman–Crippen MR) is 114 cm³/mol. The number of ketones is 1. The van der Waals surface area contributed by atoms with Crippen LogP contribution in [0.3, 0.4) is 0 Å². The van der Waals surface area contributed by atoms with Gasteiger partial charge in [-0.2, -0.15) is 0 Å². The van der Waals surface area contributed by atoms with E-state index in [0.717, 1.165) is 23.1 Å². The van der Waals surface area contributed by atoms with Gasteiger partial charge in [-0.05, 0) is 48.6 Å². The molecule has 6 heteroatoms. The number of aliphatic hydroxyl groups is 1. The number of ether oxygens (including phenoxy) is 2. The van der Waals surface area contributed by atoms with E-state index in [2.05, 4.69) is 6.92 Å². The van der Waals surface area contributed by atoms with Gasteiger partial charge in [-0.15, -0.1) is 0 Å². The summed E-state index contributed by atoms with van der Waals surface area (Å²) in [6.07, 6.45) is 1.43. The van der Waals surface area contributed by atoms with Crippen molar-refractivity contribution < 1.29 is 24.2 Å². The zero-order chi connectivity index (χ0) is 21.8. The van der Waals surface area contributed by atoms with Crippen LogP contribution in [0.25, 0.3) is 0 Å². The number of rotatable bonds is 8. The third-order valence-electron chi connectivity index (χ3n) is 5.48. The lowest BCUT2D eigenvalue weighted by Gasteiger charge is -2.27. The van der Waals surface area contributed by atoms with Gasteiger partial charge in [-0.3, -0.25) is 9.59 Å². The Hall–Kier alpha value is -3.28. The highest BCUT2D eigenvalue weighted by atomic mass is 16.5. The maximum atomic E-state index is 12.8. The highest BCUT2D eigenvalue weighted by molar-refractivity contribution is 6.08. The lowest BCUT2D eigenvalue weighted by atomic mass is 9.95. The van der Waals surface area contributed by atoms with Crippen molar-refractivity contribution in [3.8, 4) is 11.5 Å². The average Bonchev–Trinajstić information content (AvgIpc) is 3.02. The van der Waals surface area contributed by atoms with E-state index in [1.165, 1.54) is 6.92 Å².